The maximum atomic E-state index is 5.99. The van der Waals surface area contributed by atoms with Gasteiger partial charge in [0.2, 0.25) is 0 Å². The van der Waals surface area contributed by atoms with Gasteiger partial charge in [0.1, 0.15) is 5.75 Å². The third-order valence-corrected chi connectivity index (χ3v) is 3.93. The Morgan fingerprint density at radius 1 is 1.38 bits per heavy atom. The number of guanidine groups is 1. The molecule has 1 atom stereocenters. The van der Waals surface area contributed by atoms with E-state index < -0.39 is 0 Å². The van der Waals surface area contributed by atoms with Gasteiger partial charge in [0, 0.05) is 18.8 Å². The number of hydrogen-bond donors (Lipinski definition) is 2. The summed E-state index contributed by atoms with van der Waals surface area (Å²) in [5.41, 5.74) is 6.92. The number of likely N-dealkylation sites (tertiary alicyclic amines) is 1. The number of benzene rings is 1. The molecule has 1 aromatic carbocycles. The van der Waals surface area contributed by atoms with Crippen LogP contribution in [-0.2, 0) is 0 Å². The quantitative estimate of drug-likeness (QED) is 0.382. The lowest BCUT2D eigenvalue weighted by molar-refractivity contribution is 0.242. The van der Waals surface area contributed by atoms with E-state index in [2.05, 4.69) is 22.1 Å². The van der Waals surface area contributed by atoms with Gasteiger partial charge >= 0.3 is 0 Å². The summed E-state index contributed by atoms with van der Waals surface area (Å²) in [5, 5.41) is 3.14. The molecular weight excluding hydrogens is 415 g/mol. The topological polar surface area (TPSA) is 62.9 Å². The van der Waals surface area contributed by atoms with Gasteiger partial charge in [-0.15, -0.1) is 24.0 Å². The van der Waals surface area contributed by atoms with Gasteiger partial charge in [0.15, 0.2) is 5.96 Å². The highest BCUT2D eigenvalue weighted by Crippen LogP contribution is 2.18. The summed E-state index contributed by atoms with van der Waals surface area (Å²) in [6, 6.07) is 7.79. The summed E-state index contributed by atoms with van der Waals surface area (Å²) in [5.74, 6) is 1.98. The van der Waals surface area contributed by atoms with E-state index >= 15 is 0 Å². The summed E-state index contributed by atoms with van der Waals surface area (Å²) >= 11 is 0. The molecule has 2 rings (SSSR count). The molecule has 0 bridgehead atoms. The second-order valence-electron chi connectivity index (χ2n) is 6.50. The fraction of sp³-hybridized carbons (Fsp3) is 0.611. The normalized spacial score (nSPS) is 18.5. The van der Waals surface area contributed by atoms with Crippen LogP contribution in [0.4, 0.5) is 5.69 Å². The van der Waals surface area contributed by atoms with Gasteiger partial charge in [-0.1, -0.05) is 6.92 Å². The Morgan fingerprint density at radius 2 is 2.08 bits per heavy atom. The largest absolute Gasteiger partial charge is 0.491 e. The van der Waals surface area contributed by atoms with Crippen LogP contribution in [0.3, 0.4) is 0 Å². The van der Waals surface area contributed by atoms with Crippen LogP contribution in [0.15, 0.2) is 29.3 Å². The number of nitrogens with zero attached hydrogens (tertiary/aromatic N) is 2. The Hall–Kier alpha value is -1.02. The molecule has 1 fully saturated rings. The predicted molar refractivity (Wildman–Crippen MR) is 113 cm³/mol. The average molecular weight is 446 g/mol. The number of nitrogens with two attached hydrogens (primary N) is 1. The van der Waals surface area contributed by atoms with Gasteiger partial charge in [-0.2, -0.15) is 0 Å². The van der Waals surface area contributed by atoms with Crippen molar-refractivity contribution in [3.8, 4) is 5.75 Å². The smallest absolute Gasteiger partial charge is 0.193 e. The van der Waals surface area contributed by atoms with Crippen LogP contribution in [0.25, 0.3) is 0 Å². The summed E-state index contributed by atoms with van der Waals surface area (Å²) < 4.78 is 5.63. The molecule has 1 heterocycles. The van der Waals surface area contributed by atoms with E-state index in [-0.39, 0.29) is 30.1 Å². The SMILES string of the molecule is CCCN1CCC(CN=C(N)Nc2ccc(OC(C)C)cc2)C1.I. The van der Waals surface area contributed by atoms with Crippen LogP contribution in [-0.4, -0.2) is 43.1 Å². The van der Waals surface area contributed by atoms with Crippen LogP contribution in [0.1, 0.15) is 33.6 Å². The van der Waals surface area contributed by atoms with Crippen molar-refractivity contribution in [2.24, 2.45) is 16.6 Å². The maximum absolute atomic E-state index is 5.99. The molecule has 1 unspecified atom stereocenters. The van der Waals surface area contributed by atoms with Crippen molar-refractivity contribution in [3.05, 3.63) is 24.3 Å². The van der Waals surface area contributed by atoms with Gasteiger partial charge < -0.3 is 20.7 Å². The van der Waals surface area contributed by atoms with Crippen LogP contribution >= 0.6 is 24.0 Å². The summed E-state index contributed by atoms with van der Waals surface area (Å²) in [4.78, 5) is 7.00. The molecule has 6 heteroatoms. The Kier molecular flexibility index (Phi) is 9.43. The predicted octanol–water partition coefficient (Wildman–Crippen LogP) is 3.55. The fourth-order valence-electron chi connectivity index (χ4n) is 2.89. The van der Waals surface area contributed by atoms with Crippen molar-refractivity contribution in [1.82, 2.24) is 4.90 Å². The molecule has 1 aromatic rings. The van der Waals surface area contributed by atoms with E-state index in [9.17, 15) is 0 Å². The molecule has 0 saturated carbocycles. The molecule has 1 aliphatic heterocycles. The standard InChI is InChI=1S/C18H30N4O.HI/c1-4-10-22-11-9-15(13-22)12-20-18(19)21-16-5-7-17(8-6-16)23-14(2)3;/h5-8,14-15H,4,9-13H2,1-3H3,(H3,19,20,21);1H. The zero-order valence-corrected chi connectivity index (χ0v) is 17.3. The summed E-state index contributed by atoms with van der Waals surface area (Å²) in [7, 11) is 0. The van der Waals surface area contributed by atoms with E-state index in [1.54, 1.807) is 0 Å². The van der Waals surface area contributed by atoms with Crippen LogP contribution in [0.2, 0.25) is 0 Å². The third kappa shape index (κ3) is 7.25. The van der Waals surface area contributed by atoms with Crippen molar-refractivity contribution in [3.63, 3.8) is 0 Å². The lowest BCUT2D eigenvalue weighted by atomic mass is 10.1. The monoisotopic (exact) mass is 446 g/mol. The Morgan fingerprint density at radius 3 is 2.71 bits per heavy atom. The van der Waals surface area contributed by atoms with Crippen molar-refractivity contribution in [1.29, 1.82) is 0 Å². The first kappa shape index (κ1) is 21.0. The highest BCUT2D eigenvalue weighted by atomic mass is 127. The molecule has 0 spiro atoms. The van der Waals surface area contributed by atoms with Crippen LogP contribution in [0.5, 0.6) is 5.75 Å². The molecule has 136 valence electrons. The highest BCUT2D eigenvalue weighted by molar-refractivity contribution is 14.0. The zero-order chi connectivity index (χ0) is 16.7. The van der Waals surface area contributed by atoms with Gasteiger partial charge in [-0.3, -0.25) is 4.99 Å². The first-order valence-electron chi connectivity index (χ1n) is 8.62. The maximum Gasteiger partial charge on any atom is 0.193 e. The van der Waals surface area contributed by atoms with Crippen molar-refractivity contribution >= 4 is 35.6 Å². The average Bonchev–Trinajstić information content (AvgIpc) is 2.95. The summed E-state index contributed by atoms with van der Waals surface area (Å²) in [6.07, 6.45) is 2.62. The molecule has 0 aromatic heterocycles. The van der Waals surface area contributed by atoms with Crippen molar-refractivity contribution < 1.29 is 4.74 Å². The molecule has 5 nitrogen and oxygen atoms in total. The van der Waals surface area contributed by atoms with Crippen LogP contribution in [0, 0.1) is 5.92 Å². The third-order valence-electron chi connectivity index (χ3n) is 3.93. The number of halogens is 1. The van der Waals surface area contributed by atoms with Gasteiger partial charge in [-0.25, -0.2) is 0 Å². The van der Waals surface area contributed by atoms with Crippen molar-refractivity contribution in [2.75, 3.05) is 31.5 Å². The molecule has 0 amide bonds. The fourth-order valence-corrected chi connectivity index (χ4v) is 2.89. The molecule has 0 radical (unpaired) electrons. The van der Waals surface area contributed by atoms with E-state index in [0.29, 0.717) is 11.9 Å². The second kappa shape index (κ2) is 10.8. The van der Waals surface area contributed by atoms with Crippen molar-refractivity contribution in [2.45, 2.75) is 39.7 Å². The molecule has 0 aliphatic carbocycles. The number of nitrogens with one attached hydrogen (secondary N) is 1. The van der Waals surface area contributed by atoms with E-state index in [0.717, 1.165) is 24.5 Å². The Labute approximate surface area is 163 Å². The van der Waals surface area contributed by atoms with E-state index in [1.165, 1.54) is 25.9 Å². The van der Waals surface area contributed by atoms with Gasteiger partial charge in [0.05, 0.1) is 6.10 Å². The minimum Gasteiger partial charge on any atom is -0.491 e. The Bertz CT molecular complexity index is 504. The number of rotatable bonds is 7. The molecule has 24 heavy (non-hydrogen) atoms. The number of ether oxygens (including phenoxy) is 1. The van der Waals surface area contributed by atoms with Crippen LogP contribution < -0.4 is 15.8 Å². The van der Waals surface area contributed by atoms with Gasteiger partial charge in [-0.05, 0) is 70.0 Å². The van der Waals surface area contributed by atoms with Gasteiger partial charge in [0.25, 0.3) is 0 Å². The lowest BCUT2D eigenvalue weighted by Crippen LogP contribution is -2.25. The zero-order valence-electron chi connectivity index (χ0n) is 15.0. The molecule has 3 N–H and O–H groups in total. The first-order chi connectivity index (χ1) is 11.1. The summed E-state index contributed by atoms with van der Waals surface area (Å²) in [6.45, 7) is 10.6. The molecule has 1 aliphatic rings. The minimum atomic E-state index is 0. The van der Waals surface area contributed by atoms with E-state index in [4.69, 9.17) is 10.5 Å². The highest BCUT2D eigenvalue weighted by Gasteiger charge is 2.21. The lowest BCUT2D eigenvalue weighted by Gasteiger charge is -2.14. The number of hydrogen-bond acceptors (Lipinski definition) is 3. The first-order valence-corrected chi connectivity index (χ1v) is 8.62. The number of anilines is 1. The second-order valence-corrected chi connectivity index (χ2v) is 6.50. The van der Waals surface area contributed by atoms with E-state index in [1.807, 2.05) is 38.1 Å². The molecule has 1 saturated heterocycles. The number of aliphatic imine (C=N–C) groups is 1. The minimum absolute atomic E-state index is 0. The molecular formula is C18H31IN4O. The Balaban J connectivity index is 0.00000288.